The highest BCUT2D eigenvalue weighted by molar-refractivity contribution is 6.09. The molecule has 0 bridgehead atoms. The molecular weight excluding hydrogens is 369 g/mol. The lowest BCUT2D eigenvalue weighted by molar-refractivity contribution is -0.144. The van der Waals surface area contributed by atoms with Crippen molar-refractivity contribution in [1.29, 1.82) is 0 Å². The van der Waals surface area contributed by atoms with E-state index < -0.39 is 12.0 Å². The molecule has 3 heterocycles. The lowest BCUT2D eigenvalue weighted by Crippen LogP contribution is -2.07. The number of aromatic nitrogens is 6. The number of hydrogen-bond donors (Lipinski definition) is 1. The Balaban J connectivity index is 1.72. The van der Waals surface area contributed by atoms with Gasteiger partial charge in [0.05, 0.1) is 11.0 Å². The van der Waals surface area contributed by atoms with Crippen molar-refractivity contribution in [2.24, 2.45) is 7.05 Å². The Morgan fingerprint density at radius 3 is 2.07 bits per heavy atom. The van der Waals surface area contributed by atoms with Gasteiger partial charge in [-0.2, -0.15) is 13.2 Å². The van der Waals surface area contributed by atoms with Crippen molar-refractivity contribution in [2.75, 3.05) is 0 Å². The Bertz CT molecular complexity index is 1270. The Morgan fingerprint density at radius 2 is 1.50 bits per heavy atom. The molecule has 0 unspecified atom stereocenters. The van der Waals surface area contributed by atoms with Crippen molar-refractivity contribution in [3.05, 3.63) is 60.6 Å². The number of nitrogens with zero attached hydrogens (tertiary/aromatic N) is 5. The average molecular weight is 382 g/mol. The van der Waals surface area contributed by atoms with Crippen LogP contribution in [0, 0.1) is 0 Å². The fourth-order valence-electron chi connectivity index (χ4n) is 3.42. The third-order valence-corrected chi connectivity index (χ3v) is 4.63. The van der Waals surface area contributed by atoms with Crippen LogP contribution in [0.25, 0.3) is 39.3 Å². The maximum atomic E-state index is 12.8. The molecule has 0 aliphatic heterocycles. The molecule has 28 heavy (non-hydrogen) atoms. The summed E-state index contributed by atoms with van der Waals surface area (Å²) >= 11 is 0. The van der Waals surface area contributed by atoms with E-state index in [1.54, 1.807) is 17.8 Å². The number of aromatic amines is 1. The van der Waals surface area contributed by atoms with Gasteiger partial charge in [-0.15, -0.1) is 5.10 Å². The molecule has 0 fully saturated rings. The van der Waals surface area contributed by atoms with E-state index >= 15 is 0 Å². The number of alkyl halides is 3. The summed E-state index contributed by atoms with van der Waals surface area (Å²) in [5.41, 5.74) is 1.92. The van der Waals surface area contributed by atoms with Crippen molar-refractivity contribution in [3.63, 3.8) is 0 Å². The van der Waals surface area contributed by atoms with Crippen molar-refractivity contribution in [2.45, 2.75) is 6.18 Å². The van der Waals surface area contributed by atoms with E-state index in [0.29, 0.717) is 5.82 Å². The third kappa shape index (κ3) is 2.39. The van der Waals surface area contributed by atoms with E-state index in [2.05, 4.69) is 15.1 Å². The molecule has 0 radical (unpaired) electrons. The Kier molecular flexibility index (Phi) is 3.36. The summed E-state index contributed by atoms with van der Waals surface area (Å²) in [6.45, 7) is 0. The number of nitrogens with one attached hydrogen (secondary N) is 1. The first-order valence-corrected chi connectivity index (χ1v) is 8.45. The molecule has 0 spiro atoms. The molecule has 3 aromatic heterocycles. The second-order valence-electron chi connectivity index (χ2n) is 6.41. The van der Waals surface area contributed by atoms with Crippen molar-refractivity contribution in [3.8, 4) is 17.5 Å². The number of aryl methyl sites for hydroxylation is 1. The lowest BCUT2D eigenvalue weighted by Gasteiger charge is -2.02. The van der Waals surface area contributed by atoms with Gasteiger partial charge in [-0.1, -0.05) is 36.4 Å². The average Bonchev–Trinajstić information content (AvgIpc) is 3.36. The van der Waals surface area contributed by atoms with Gasteiger partial charge in [-0.3, -0.25) is 9.67 Å². The summed E-state index contributed by atoms with van der Waals surface area (Å²) in [4.78, 5) is 8.08. The summed E-state index contributed by atoms with van der Waals surface area (Å²) < 4.78 is 42.1. The zero-order valence-corrected chi connectivity index (χ0v) is 14.6. The highest BCUT2D eigenvalue weighted by atomic mass is 19.4. The van der Waals surface area contributed by atoms with Crippen LogP contribution in [0.15, 0.2) is 54.7 Å². The Morgan fingerprint density at radius 1 is 0.893 bits per heavy atom. The first kappa shape index (κ1) is 16.5. The number of fused-ring (bicyclic) bond motifs is 3. The van der Waals surface area contributed by atoms with E-state index in [1.165, 1.54) is 0 Å². The van der Waals surface area contributed by atoms with Crippen LogP contribution >= 0.6 is 0 Å². The fourth-order valence-corrected chi connectivity index (χ4v) is 3.42. The number of halogens is 3. The first-order chi connectivity index (χ1) is 13.4. The predicted octanol–water partition coefficient (Wildman–Crippen LogP) is 4.32. The number of imidazole rings is 1. The molecule has 0 saturated carbocycles. The summed E-state index contributed by atoms with van der Waals surface area (Å²) in [5.74, 6) is -0.442. The summed E-state index contributed by atoms with van der Waals surface area (Å²) in [6.07, 6.45) is -2.84. The minimum atomic E-state index is -4.59. The topological polar surface area (TPSA) is 64.3 Å². The summed E-state index contributed by atoms with van der Waals surface area (Å²) in [6, 6.07) is 15.8. The van der Waals surface area contributed by atoms with Crippen molar-refractivity contribution >= 4 is 21.8 Å². The lowest BCUT2D eigenvalue weighted by atomic mass is 10.2. The van der Waals surface area contributed by atoms with Crippen molar-refractivity contribution in [1.82, 2.24) is 29.3 Å². The van der Waals surface area contributed by atoms with E-state index in [1.807, 2.05) is 58.2 Å². The number of para-hydroxylation sites is 2. The highest BCUT2D eigenvalue weighted by Crippen LogP contribution is 2.32. The number of rotatable bonds is 2. The molecule has 0 aliphatic rings. The predicted molar refractivity (Wildman–Crippen MR) is 97.9 cm³/mol. The van der Waals surface area contributed by atoms with Crippen LogP contribution < -0.4 is 0 Å². The van der Waals surface area contributed by atoms with Gasteiger partial charge in [0.1, 0.15) is 0 Å². The Hall–Kier alpha value is -3.62. The molecule has 6 nitrogen and oxygen atoms in total. The smallest absolute Gasteiger partial charge is 0.329 e. The molecule has 0 amide bonds. The molecular formula is C19H13F3N6. The summed E-state index contributed by atoms with van der Waals surface area (Å²) in [7, 11) is 1.70. The van der Waals surface area contributed by atoms with Gasteiger partial charge >= 0.3 is 6.18 Å². The van der Waals surface area contributed by atoms with Gasteiger partial charge in [-0.25, -0.2) is 9.97 Å². The van der Waals surface area contributed by atoms with Crippen LogP contribution in [0.3, 0.4) is 0 Å². The number of benzene rings is 2. The van der Waals surface area contributed by atoms with E-state index in [0.717, 1.165) is 21.8 Å². The van der Waals surface area contributed by atoms with Crippen molar-refractivity contribution < 1.29 is 13.2 Å². The highest BCUT2D eigenvalue weighted by Gasteiger charge is 2.35. The van der Waals surface area contributed by atoms with Gasteiger partial charge in [0, 0.05) is 24.0 Å². The van der Waals surface area contributed by atoms with Gasteiger partial charge in [-0.05, 0) is 12.1 Å². The molecule has 1 N–H and O–H groups in total. The number of hydrogen-bond acceptors (Lipinski definition) is 3. The van der Waals surface area contributed by atoms with E-state index in [9.17, 15) is 13.2 Å². The minimum absolute atomic E-state index is 0.109. The standard InChI is InChI=1S/C19H13F3N6/c1-27-10-15(23-17(27)16-24-18(26-25-16)19(20,21)22)28-13-8-4-2-6-11(13)12-7-3-5-9-14(12)28/h2-10H,1H3,(H,24,25,26). The molecule has 9 heteroatoms. The maximum Gasteiger partial charge on any atom is 0.451 e. The van der Waals surface area contributed by atoms with Crippen LogP contribution in [0.1, 0.15) is 5.82 Å². The van der Waals surface area contributed by atoms with Crippen LogP contribution in [0.4, 0.5) is 13.2 Å². The van der Waals surface area contributed by atoms with Gasteiger partial charge in [0.25, 0.3) is 0 Å². The first-order valence-electron chi connectivity index (χ1n) is 8.45. The van der Waals surface area contributed by atoms with Gasteiger partial charge < -0.3 is 4.57 Å². The van der Waals surface area contributed by atoms with Gasteiger partial charge in [0.2, 0.25) is 11.6 Å². The second kappa shape index (κ2) is 5.69. The fraction of sp³-hybridized carbons (Fsp3) is 0.105. The normalized spacial score (nSPS) is 12.3. The minimum Gasteiger partial charge on any atom is -0.329 e. The van der Waals surface area contributed by atoms with Crippen LogP contribution in [0.2, 0.25) is 0 Å². The zero-order chi connectivity index (χ0) is 19.5. The van der Waals surface area contributed by atoms with Crippen LogP contribution in [-0.2, 0) is 13.2 Å². The third-order valence-electron chi connectivity index (χ3n) is 4.63. The maximum absolute atomic E-state index is 12.8. The molecule has 0 atom stereocenters. The Labute approximate surface area is 156 Å². The molecule has 2 aromatic carbocycles. The number of H-pyrrole nitrogens is 1. The molecule has 5 rings (SSSR count). The molecule has 5 aromatic rings. The quantitative estimate of drug-likeness (QED) is 0.495. The SMILES string of the molecule is Cn1cc(-n2c3ccccc3c3ccccc32)nc1-c1n[nH]c(C(F)(F)F)n1. The van der Waals surface area contributed by atoms with E-state index in [-0.39, 0.29) is 11.6 Å². The summed E-state index contributed by atoms with van der Waals surface area (Å²) in [5, 5.41) is 7.76. The van der Waals surface area contributed by atoms with E-state index in [4.69, 9.17) is 0 Å². The van der Waals surface area contributed by atoms with Crippen LogP contribution in [-0.4, -0.2) is 29.3 Å². The van der Waals surface area contributed by atoms with Gasteiger partial charge in [0.15, 0.2) is 11.6 Å². The molecule has 0 aliphatic carbocycles. The largest absolute Gasteiger partial charge is 0.451 e. The monoisotopic (exact) mass is 382 g/mol. The molecule has 0 saturated heterocycles. The van der Waals surface area contributed by atoms with Crippen LogP contribution in [0.5, 0.6) is 0 Å². The second-order valence-corrected chi connectivity index (χ2v) is 6.41. The zero-order valence-electron chi connectivity index (χ0n) is 14.6. The molecule has 140 valence electrons.